The first-order valence-corrected chi connectivity index (χ1v) is 14.8. The molecule has 0 fully saturated rings. The van der Waals surface area contributed by atoms with E-state index in [0.717, 1.165) is 25.0 Å². The van der Waals surface area contributed by atoms with Gasteiger partial charge < -0.3 is 14.6 Å². The maximum atomic E-state index is 10.3. The molecule has 0 aromatic heterocycles. The number of ether oxygens (including phenoxy) is 2. The molecule has 0 radical (unpaired) electrons. The Morgan fingerprint density at radius 1 is 0.714 bits per heavy atom. The maximum Gasteiger partial charge on any atom is 0.189 e. The number of aliphatic hydroxyl groups excluding tert-OH is 1. The van der Waals surface area contributed by atoms with Crippen LogP contribution < -0.4 is 4.74 Å². The van der Waals surface area contributed by atoms with Gasteiger partial charge in [0.05, 0.1) is 0 Å². The van der Waals surface area contributed by atoms with Crippen LogP contribution in [0.25, 0.3) is 0 Å². The lowest BCUT2D eigenvalue weighted by atomic mass is 9.76. The molecule has 0 saturated carbocycles. The average Bonchev–Trinajstić information content (AvgIpc) is 2.85. The fourth-order valence-electron chi connectivity index (χ4n) is 4.37. The number of benzene rings is 1. The third-order valence-electron chi connectivity index (χ3n) is 7.95. The van der Waals surface area contributed by atoms with Gasteiger partial charge in [-0.2, -0.15) is 0 Å². The molecule has 0 amide bonds. The van der Waals surface area contributed by atoms with Crippen molar-refractivity contribution >= 4 is 0 Å². The number of rotatable bonds is 21. The standard InChI is InChI=1S/C32H58O3/c1-8-11-12-13-14-15-16-17-18-19-20-21-24-34-30(33)26-35-29-23-22-27(31(4,5)9-2)25-28(29)32(6,7)10-3/h22-23,25,30,33H,8-21,24,26H2,1-7H3. The first-order valence-electron chi connectivity index (χ1n) is 14.8. The molecule has 1 N–H and O–H groups in total. The molecule has 3 nitrogen and oxygen atoms in total. The Morgan fingerprint density at radius 3 is 1.74 bits per heavy atom. The van der Waals surface area contributed by atoms with E-state index in [2.05, 4.69) is 66.7 Å². The number of hydrogen-bond donors (Lipinski definition) is 1. The molecule has 1 aromatic carbocycles. The number of aliphatic hydroxyl groups is 1. The second-order valence-electron chi connectivity index (χ2n) is 11.7. The van der Waals surface area contributed by atoms with E-state index in [9.17, 15) is 5.11 Å². The molecular formula is C32H58O3. The second-order valence-corrected chi connectivity index (χ2v) is 11.7. The van der Waals surface area contributed by atoms with E-state index in [1.54, 1.807) is 0 Å². The molecule has 0 saturated heterocycles. The molecular weight excluding hydrogens is 432 g/mol. The summed E-state index contributed by atoms with van der Waals surface area (Å²) >= 11 is 0. The Hall–Kier alpha value is -1.06. The lowest BCUT2D eigenvalue weighted by Gasteiger charge is -2.30. The van der Waals surface area contributed by atoms with E-state index in [0.29, 0.717) is 6.61 Å². The SMILES string of the molecule is CCCCCCCCCCCCCCOC(O)COc1ccc(C(C)(C)CC)cc1C(C)(C)CC. The average molecular weight is 491 g/mol. The van der Waals surface area contributed by atoms with Gasteiger partial charge in [-0.05, 0) is 41.7 Å². The molecule has 1 unspecified atom stereocenters. The number of hydrogen-bond acceptors (Lipinski definition) is 3. The van der Waals surface area contributed by atoms with E-state index in [1.165, 1.54) is 81.8 Å². The summed E-state index contributed by atoms with van der Waals surface area (Å²) in [6.07, 6.45) is 17.1. The monoisotopic (exact) mass is 490 g/mol. The minimum absolute atomic E-state index is 0.00995. The third kappa shape index (κ3) is 12.6. The topological polar surface area (TPSA) is 38.7 Å². The summed E-state index contributed by atoms with van der Waals surface area (Å²) < 4.78 is 11.7. The molecule has 0 aliphatic carbocycles. The van der Waals surface area contributed by atoms with Gasteiger partial charge in [-0.15, -0.1) is 0 Å². The molecule has 0 aliphatic heterocycles. The molecule has 204 valence electrons. The molecule has 1 atom stereocenters. The van der Waals surface area contributed by atoms with Gasteiger partial charge in [-0.3, -0.25) is 0 Å². The van der Waals surface area contributed by atoms with E-state index >= 15 is 0 Å². The largest absolute Gasteiger partial charge is 0.488 e. The molecule has 35 heavy (non-hydrogen) atoms. The van der Waals surface area contributed by atoms with Gasteiger partial charge in [-0.1, -0.05) is 131 Å². The normalized spacial score (nSPS) is 13.3. The van der Waals surface area contributed by atoms with Crippen LogP contribution in [-0.4, -0.2) is 24.6 Å². The Morgan fingerprint density at radius 2 is 1.23 bits per heavy atom. The van der Waals surface area contributed by atoms with Crippen LogP contribution in [0, 0.1) is 0 Å². The second kappa shape index (κ2) is 17.4. The van der Waals surface area contributed by atoms with Crippen molar-refractivity contribution in [3.63, 3.8) is 0 Å². The van der Waals surface area contributed by atoms with Gasteiger partial charge in [0.25, 0.3) is 0 Å². The minimum atomic E-state index is -0.882. The van der Waals surface area contributed by atoms with Crippen LogP contribution in [-0.2, 0) is 15.6 Å². The molecule has 0 aliphatic rings. The molecule has 0 spiro atoms. The highest BCUT2D eigenvalue weighted by Gasteiger charge is 2.26. The van der Waals surface area contributed by atoms with E-state index in [1.807, 2.05) is 0 Å². The summed E-state index contributed by atoms with van der Waals surface area (Å²) in [4.78, 5) is 0. The van der Waals surface area contributed by atoms with Gasteiger partial charge in [0.1, 0.15) is 12.4 Å². The first kappa shape index (κ1) is 32.0. The van der Waals surface area contributed by atoms with Crippen molar-refractivity contribution in [3.8, 4) is 5.75 Å². The van der Waals surface area contributed by atoms with E-state index in [4.69, 9.17) is 9.47 Å². The van der Waals surface area contributed by atoms with Crippen molar-refractivity contribution in [2.75, 3.05) is 13.2 Å². The Labute approximate surface area is 218 Å². The highest BCUT2D eigenvalue weighted by atomic mass is 16.6. The van der Waals surface area contributed by atoms with Crippen LogP contribution in [0.2, 0.25) is 0 Å². The van der Waals surface area contributed by atoms with Gasteiger partial charge in [0, 0.05) is 12.2 Å². The summed E-state index contributed by atoms with van der Waals surface area (Å²) in [5.41, 5.74) is 2.70. The van der Waals surface area contributed by atoms with Gasteiger partial charge in [0.2, 0.25) is 0 Å². The van der Waals surface area contributed by atoms with Crippen LogP contribution in [0.5, 0.6) is 5.75 Å². The molecule has 0 bridgehead atoms. The van der Waals surface area contributed by atoms with Gasteiger partial charge in [0.15, 0.2) is 6.29 Å². The highest BCUT2D eigenvalue weighted by Crippen LogP contribution is 2.38. The lowest BCUT2D eigenvalue weighted by molar-refractivity contribution is -0.120. The molecule has 3 heteroatoms. The smallest absolute Gasteiger partial charge is 0.189 e. The van der Waals surface area contributed by atoms with Gasteiger partial charge in [-0.25, -0.2) is 0 Å². The quantitative estimate of drug-likeness (QED) is 0.138. The van der Waals surface area contributed by atoms with Crippen molar-refractivity contribution in [2.45, 2.75) is 155 Å². The third-order valence-corrected chi connectivity index (χ3v) is 7.95. The fraction of sp³-hybridized carbons (Fsp3) is 0.812. The van der Waals surface area contributed by atoms with Crippen LogP contribution in [0.1, 0.15) is 149 Å². The maximum absolute atomic E-state index is 10.3. The van der Waals surface area contributed by atoms with Crippen LogP contribution in [0.4, 0.5) is 0 Å². The zero-order chi connectivity index (χ0) is 26.2. The minimum Gasteiger partial charge on any atom is -0.488 e. The molecule has 1 rings (SSSR count). The van der Waals surface area contributed by atoms with E-state index < -0.39 is 6.29 Å². The lowest BCUT2D eigenvalue weighted by Crippen LogP contribution is -2.25. The summed E-state index contributed by atoms with van der Waals surface area (Å²) in [7, 11) is 0. The summed E-state index contributed by atoms with van der Waals surface area (Å²) in [5, 5.41) is 10.3. The Kier molecular flexibility index (Phi) is 15.9. The zero-order valence-corrected chi connectivity index (χ0v) is 24.4. The Balaban J connectivity index is 2.31. The first-order chi connectivity index (χ1) is 16.7. The van der Waals surface area contributed by atoms with Crippen LogP contribution >= 0.6 is 0 Å². The summed E-state index contributed by atoms with van der Waals surface area (Å²) in [5.74, 6) is 0.862. The predicted molar refractivity (Wildman–Crippen MR) is 152 cm³/mol. The van der Waals surface area contributed by atoms with Crippen LogP contribution in [0.3, 0.4) is 0 Å². The van der Waals surface area contributed by atoms with E-state index in [-0.39, 0.29) is 17.4 Å². The zero-order valence-electron chi connectivity index (χ0n) is 24.4. The highest BCUT2D eigenvalue weighted by molar-refractivity contribution is 5.44. The van der Waals surface area contributed by atoms with Crippen molar-refractivity contribution < 1.29 is 14.6 Å². The van der Waals surface area contributed by atoms with Gasteiger partial charge >= 0.3 is 0 Å². The predicted octanol–water partition coefficient (Wildman–Crippen LogP) is 9.48. The van der Waals surface area contributed by atoms with Crippen molar-refractivity contribution in [1.82, 2.24) is 0 Å². The molecule has 1 aromatic rings. The van der Waals surface area contributed by atoms with Crippen molar-refractivity contribution in [3.05, 3.63) is 29.3 Å². The Bertz CT molecular complexity index is 665. The molecule has 0 heterocycles. The number of unbranched alkanes of at least 4 members (excludes halogenated alkanes) is 11. The van der Waals surface area contributed by atoms with Crippen molar-refractivity contribution in [1.29, 1.82) is 0 Å². The van der Waals surface area contributed by atoms with Crippen molar-refractivity contribution in [2.24, 2.45) is 0 Å². The summed E-state index contributed by atoms with van der Waals surface area (Å²) in [6.45, 7) is 16.6. The van der Waals surface area contributed by atoms with Crippen LogP contribution in [0.15, 0.2) is 18.2 Å². The summed E-state index contributed by atoms with van der Waals surface area (Å²) in [6, 6.07) is 6.56. The fourth-order valence-corrected chi connectivity index (χ4v) is 4.37.